The molecule has 2 rings (SSSR count). The van der Waals surface area contributed by atoms with E-state index in [1.54, 1.807) is 60.7 Å². The van der Waals surface area contributed by atoms with Crippen LogP contribution in [0.5, 0.6) is 0 Å². The van der Waals surface area contributed by atoms with Gasteiger partial charge in [0.15, 0.2) is 0 Å². The second-order valence-corrected chi connectivity index (χ2v) is 7.96. The Morgan fingerprint density at radius 2 is 1.14 bits per heavy atom. The minimum absolute atomic E-state index is 0.0784. The number of rotatable bonds is 9. The number of carbonyl (C=O) groups is 2. The Morgan fingerprint density at radius 3 is 1.45 bits per heavy atom. The molecule has 0 radical (unpaired) electrons. The van der Waals surface area contributed by atoms with Crippen LogP contribution < -0.4 is 11.5 Å². The van der Waals surface area contributed by atoms with E-state index >= 15 is 0 Å². The molecule has 0 aromatic heterocycles. The lowest BCUT2D eigenvalue weighted by Crippen LogP contribution is -2.41. The van der Waals surface area contributed by atoms with Gasteiger partial charge in [0.1, 0.15) is 12.1 Å². The van der Waals surface area contributed by atoms with Crippen LogP contribution >= 0.6 is 7.60 Å². The van der Waals surface area contributed by atoms with Crippen molar-refractivity contribution in [1.29, 1.82) is 0 Å². The summed E-state index contributed by atoms with van der Waals surface area (Å²) in [6.45, 7) is 0. The molecular weight excluding hydrogens is 399 g/mol. The fourth-order valence-electron chi connectivity index (χ4n) is 2.44. The van der Waals surface area contributed by atoms with Gasteiger partial charge in [-0.05, 0) is 24.0 Å². The van der Waals surface area contributed by atoms with E-state index in [-0.39, 0.29) is 12.8 Å². The van der Waals surface area contributed by atoms with Gasteiger partial charge in [0.2, 0.25) is 0 Å². The maximum atomic E-state index is 12.1. The van der Waals surface area contributed by atoms with Crippen molar-refractivity contribution in [2.45, 2.75) is 31.0 Å². The van der Waals surface area contributed by atoms with Crippen LogP contribution in [0.4, 0.5) is 0 Å². The van der Waals surface area contributed by atoms with E-state index in [2.05, 4.69) is 0 Å². The Morgan fingerprint density at radius 1 is 0.793 bits per heavy atom. The minimum atomic E-state index is -5.13. The number of ether oxygens (including phenoxy) is 2. The third-order valence-corrected chi connectivity index (χ3v) is 4.67. The van der Waals surface area contributed by atoms with Crippen molar-refractivity contribution >= 4 is 19.5 Å². The first-order chi connectivity index (χ1) is 13.7. The van der Waals surface area contributed by atoms with Crippen molar-refractivity contribution in [3.8, 4) is 0 Å². The van der Waals surface area contributed by atoms with E-state index in [9.17, 15) is 23.9 Å². The highest BCUT2D eigenvalue weighted by Gasteiger charge is 2.38. The summed E-state index contributed by atoms with van der Waals surface area (Å²) in [6, 6.07) is 12.7. The number of hydrogen-bond acceptors (Lipinski definition) is 7. The Bertz CT molecular complexity index is 796. The van der Waals surface area contributed by atoms with Crippen molar-refractivity contribution in [3.63, 3.8) is 0 Å². The molecule has 2 atom stereocenters. The van der Waals surface area contributed by atoms with Gasteiger partial charge in [0, 0.05) is 0 Å². The summed E-state index contributed by atoms with van der Waals surface area (Å²) in [5.74, 6) is -2.24. The normalized spacial score (nSPS) is 13.6. The first-order valence-electron chi connectivity index (χ1n) is 8.72. The van der Waals surface area contributed by atoms with E-state index in [1.807, 2.05) is 0 Å². The highest BCUT2D eigenvalue weighted by molar-refractivity contribution is 7.52. The zero-order valence-electron chi connectivity index (χ0n) is 15.5. The number of carbonyl (C=O) groups excluding carboxylic acids is 2. The number of nitrogens with two attached hydrogens (primary N) is 2. The van der Waals surface area contributed by atoms with Crippen LogP contribution in [0, 0.1) is 0 Å². The first kappa shape index (κ1) is 22.7. The topological polar surface area (TPSA) is 162 Å². The molecule has 2 aromatic carbocycles. The zero-order valence-corrected chi connectivity index (χ0v) is 16.4. The van der Waals surface area contributed by atoms with Crippen molar-refractivity contribution in [3.05, 3.63) is 71.8 Å². The predicted molar refractivity (Wildman–Crippen MR) is 104 cm³/mol. The average molecular weight is 422 g/mol. The monoisotopic (exact) mass is 422 g/mol. The first-order valence-corrected chi connectivity index (χ1v) is 10.4. The Kier molecular flexibility index (Phi) is 8.07. The summed E-state index contributed by atoms with van der Waals surface area (Å²) >= 11 is 0. The van der Waals surface area contributed by atoms with E-state index < -0.39 is 37.6 Å². The minimum Gasteiger partial charge on any atom is -0.412 e. The van der Waals surface area contributed by atoms with Crippen LogP contribution in [-0.4, -0.2) is 39.8 Å². The average Bonchev–Trinajstić information content (AvgIpc) is 2.68. The number of hydrogen-bond donors (Lipinski definition) is 4. The molecule has 0 fully saturated rings. The van der Waals surface area contributed by atoms with Gasteiger partial charge < -0.3 is 30.7 Å². The molecule has 0 unspecified atom stereocenters. The molecule has 156 valence electrons. The summed E-state index contributed by atoms with van der Waals surface area (Å²) in [6.07, 6.45) is 0.157. The standard InChI is InChI=1S/C19H23N2O7P/c20-15(11-13-7-3-1-4-8-13)17(22)27-19(29(24,25)26)28-18(23)16(21)12-14-9-5-2-6-10-14/h1-10,15-16,19H,11-12,20-21H2,(H2,24,25,26)/t15-,16-/m0/s1. The summed E-state index contributed by atoms with van der Waals surface area (Å²) in [4.78, 5) is 43.1. The van der Waals surface area contributed by atoms with E-state index in [4.69, 9.17) is 20.9 Å². The summed E-state index contributed by atoms with van der Waals surface area (Å²) < 4.78 is 21.0. The van der Waals surface area contributed by atoms with Crippen LogP contribution in [0.25, 0.3) is 0 Å². The van der Waals surface area contributed by atoms with Gasteiger partial charge in [-0.1, -0.05) is 60.7 Å². The fraction of sp³-hybridized carbons (Fsp3) is 0.263. The molecule has 0 aliphatic rings. The predicted octanol–water partition coefficient (Wildman–Crippen LogP) is 0.674. The molecule has 0 spiro atoms. The zero-order chi connectivity index (χ0) is 21.4. The SMILES string of the molecule is N[C@@H](Cc1ccccc1)C(=O)OC(OC(=O)[C@@H](N)Cc1ccccc1)P(=O)(O)O. The molecule has 0 heterocycles. The lowest BCUT2D eigenvalue weighted by Gasteiger charge is -2.22. The van der Waals surface area contributed by atoms with Crippen molar-refractivity contribution in [2.24, 2.45) is 11.5 Å². The summed E-state index contributed by atoms with van der Waals surface area (Å²) in [5, 5.41) is 0. The largest absolute Gasteiger partial charge is 0.412 e. The molecule has 9 nitrogen and oxygen atoms in total. The molecule has 0 amide bonds. The van der Waals surface area contributed by atoms with Gasteiger partial charge in [-0.25, -0.2) is 0 Å². The van der Waals surface area contributed by atoms with E-state index in [0.717, 1.165) is 11.1 Å². The molecule has 0 saturated heterocycles. The highest BCUT2D eigenvalue weighted by atomic mass is 31.2. The Hall–Kier alpha value is -2.55. The maximum Gasteiger partial charge on any atom is 0.406 e. The maximum absolute atomic E-state index is 12.1. The second-order valence-electron chi connectivity index (χ2n) is 6.36. The van der Waals surface area contributed by atoms with E-state index in [1.165, 1.54) is 0 Å². The Labute approximate surface area is 167 Å². The molecule has 0 aliphatic heterocycles. The van der Waals surface area contributed by atoms with Gasteiger partial charge in [0.25, 0.3) is 0 Å². The van der Waals surface area contributed by atoms with Crippen molar-refractivity contribution in [2.75, 3.05) is 0 Å². The number of esters is 2. The van der Waals surface area contributed by atoms with E-state index in [0.29, 0.717) is 0 Å². The van der Waals surface area contributed by atoms with Crippen LogP contribution in [-0.2, 0) is 36.5 Å². The molecule has 0 aliphatic carbocycles. The van der Waals surface area contributed by atoms with Gasteiger partial charge >= 0.3 is 25.6 Å². The lowest BCUT2D eigenvalue weighted by molar-refractivity contribution is -0.178. The molecule has 2 aromatic rings. The van der Waals surface area contributed by atoms with Crippen LogP contribution in [0.15, 0.2) is 60.7 Å². The van der Waals surface area contributed by atoms with Crippen LogP contribution in [0.2, 0.25) is 0 Å². The van der Waals surface area contributed by atoms with Gasteiger partial charge in [-0.2, -0.15) is 0 Å². The third-order valence-electron chi connectivity index (χ3n) is 3.91. The quantitative estimate of drug-likeness (QED) is 0.258. The summed E-state index contributed by atoms with van der Waals surface area (Å²) in [5.41, 5.74) is 12.9. The smallest absolute Gasteiger partial charge is 0.406 e. The van der Waals surface area contributed by atoms with Crippen molar-refractivity contribution in [1.82, 2.24) is 0 Å². The van der Waals surface area contributed by atoms with Crippen LogP contribution in [0.1, 0.15) is 11.1 Å². The lowest BCUT2D eigenvalue weighted by atomic mass is 10.1. The molecule has 29 heavy (non-hydrogen) atoms. The molecule has 6 N–H and O–H groups in total. The van der Waals surface area contributed by atoms with Crippen molar-refractivity contribution < 1.29 is 33.4 Å². The number of benzene rings is 2. The Balaban J connectivity index is 1.98. The third kappa shape index (κ3) is 7.41. The van der Waals surface area contributed by atoms with Crippen LogP contribution in [0.3, 0.4) is 0 Å². The highest BCUT2D eigenvalue weighted by Crippen LogP contribution is 2.42. The molecule has 0 saturated carbocycles. The van der Waals surface area contributed by atoms with Gasteiger partial charge in [0.05, 0.1) is 0 Å². The second kappa shape index (κ2) is 10.3. The van der Waals surface area contributed by atoms with Gasteiger partial charge in [-0.15, -0.1) is 0 Å². The fourth-order valence-corrected chi connectivity index (χ4v) is 2.92. The molecular formula is C19H23N2O7P. The molecule has 0 bridgehead atoms. The van der Waals surface area contributed by atoms with Gasteiger partial charge in [-0.3, -0.25) is 14.2 Å². The summed E-state index contributed by atoms with van der Waals surface area (Å²) in [7, 11) is -5.13. The molecule has 10 heteroatoms.